The molecule has 0 bridgehead atoms. The molecule has 0 aromatic carbocycles. The van der Waals surface area contributed by atoms with Crippen molar-refractivity contribution in [3.05, 3.63) is 17.6 Å². The Balaban J connectivity index is 2.11. The number of nitrogens with one attached hydrogen (secondary N) is 1. The molecule has 0 saturated carbocycles. The van der Waals surface area contributed by atoms with Crippen molar-refractivity contribution < 1.29 is 4.79 Å². The number of amides is 1. The van der Waals surface area contributed by atoms with Crippen LogP contribution in [-0.4, -0.2) is 29.0 Å². The van der Waals surface area contributed by atoms with Crippen molar-refractivity contribution in [1.82, 2.24) is 15.3 Å². The van der Waals surface area contributed by atoms with E-state index in [0.717, 1.165) is 24.6 Å². The lowest BCUT2D eigenvalue weighted by atomic mass is 10.1. The highest BCUT2D eigenvalue weighted by Crippen LogP contribution is 2.26. The van der Waals surface area contributed by atoms with Crippen molar-refractivity contribution in [2.24, 2.45) is 0 Å². The minimum absolute atomic E-state index is 0.0394. The molecule has 5 nitrogen and oxygen atoms in total. The second-order valence-electron chi connectivity index (χ2n) is 3.54. The first kappa shape index (κ1) is 7.73. The Morgan fingerprint density at radius 3 is 2.93 bits per heavy atom. The maximum absolute atomic E-state index is 11.5. The Hall–Kier alpha value is -1.65. The molecule has 1 N–H and O–H groups in total. The van der Waals surface area contributed by atoms with Crippen molar-refractivity contribution in [3.63, 3.8) is 0 Å². The molecule has 0 spiro atoms. The largest absolute Gasteiger partial charge is 0.356 e. The number of fused-ring (bicyclic) bond motifs is 1. The summed E-state index contributed by atoms with van der Waals surface area (Å²) in [4.78, 5) is 21.9. The van der Waals surface area contributed by atoms with Crippen molar-refractivity contribution in [2.45, 2.75) is 13.0 Å². The number of rotatable bonds is 1. The molecule has 2 aliphatic rings. The number of carbonyl (C=O) groups is 1. The van der Waals surface area contributed by atoms with E-state index < -0.39 is 0 Å². The number of aromatic nitrogens is 2. The van der Waals surface area contributed by atoms with E-state index in [2.05, 4.69) is 20.2 Å². The first-order valence-corrected chi connectivity index (χ1v) is 4.73. The predicted octanol–water partition coefficient (Wildman–Crippen LogP) is -0.0699. The molecular formula is C9H10N4O. The monoisotopic (exact) mass is 190 g/mol. The molecule has 5 heteroatoms. The molecule has 1 fully saturated rings. The molecule has 72 valence electrons. The Morgan fingerprint density at radius 1 is 1.36 bits per heavy atom. The van der Waals surface area contributed by atoms with Gasteiger partial charge in [0.15, 0.2) is 0 Å². The van der Waals surface area contributed by atoms with E-state index in [1.54, 1.807) is 0 Å². The zero-order valence-corrected chi connectivity index (χ0v) is 7.66. The molecule has 1 saturated heterocycles. The Morgan fingerprint density at radius 2 is 2.21 bits per heavy atom. The second-order valence-corrected chi connectivity index (χ2v) is 3.54. The van der Waals surface area contributed by atoms with Gasteiger partial charge in [-0.15, -0.1) is 0 Å². The van der Waals surface area contributed by atoms with E-state index >= 15 is 0 Å². The highest BCUT2D eigenvalue weighted by Gasteiger charge is 2.29. The summed E-state index contributed by atoms with van der Waals surface area (Å²) in [6.07, 6.45) is 2.72. The van der Waals surface area contributed by atoms with Crippen molar-refractivity contribution in [3.8, 4) is 0 Å². The third-order valence-electron chi connectivity index (χ3n) is 2.70. The average Bonchev–Trinajstić information content (AvgIpc) is 2.46. The SMILES string of the molecule is O=C1NCc2ncnc(N3CCC3)c21. The van der Waals surface area contributed by atoms with Crippen LogP contribution in [0.5, 0.6) is 0 Å². The van der Waals surface area contributed by atoms with E-state index in [1.165, 1.54) is 12.7 Å². The molecule has 3 rings (SSSR count). The lowest BCUT2D eigenvalue weighted by Gasteiger charge is -2.32. The first-order chi connectivity index (χ1) is 6.86. The van der Waals surface area contributed by atoms with Gasteiger partial charge in [-0.3, -0.25) is 4.79 Å². The van der Waals surface area contributed by atoms with Crippen LogP contribution in [0.3, 0.4) is 0 Å². The lowest BCUT2D eigenvalue weighted by Crippen LogP contribution is -2.38. The van der Waals surface area contributed by atoms with Gasteiger partial charge in [0, 0.05) is 13.1 Å². The van der Waals surface area contributed by atoms with E-state index in [1.807, 2.05) is 0 Å². The Bertz CT molecular complexity index is 400. The normalized spacial score (nSPS) is 18.9. The van der Waals surface area contributed by atoms with Gasteiger partial charge >= 0.3 is 0 Å². The Kier molecular flexibility index (Phi) is 1.47. The fraction of sp³-hybridized carbons (Fsp3) is 0.444. The van der Waals surface area contributed by atoms with Gasteiger partial charge < -0.3 is 10.2 Å². The molecule has 1 amide bonds. The van der Waals surface area contributed by atoms with Gasteiger partial charge in [0.25, 0.3) is 5.91 Å². The smallest absolute Gasteiger partial charge is 0.257 e. The summed E-state index contributed by atoms with van der Waals surface area (Å²) in [5.41, 5.74) is 1.50. The summed E-state index contributed by atoms with van der Waals surface area (Å²) < 4.78 is 0. The van der Waals surface area contributed by atoms with E-state index in [-0.39, 0.29) is 5.91 Å². The number of hydrogen-bond acceptors (Lipinski definition) is 4. The third kappa shape index (κ3) is 0.921. The molecule has 0 atom stereocenters. The maximum atomic E-state index is 11.5. The molecular weight excluding hydrogens is 180 g/mol. The summed E-state index contributed by atoms with van der Waals surface area (Å²) in [6, 6.07) is 0. The first-order valence-electron chi connectivity index (χ1n) is 4.73. The molecule has 2 aliphatic heterocycles. The van der Waals surface area contributed by atoms with Crippen LogP contribution >= 0.6 is 0 Å². The minimum atomic E-state index is -0.0394. The molecule has 1 aromatic heterocycles. The van der Waals surface area contributed by atoms with Gasteiger partial charge in [-0.1, -0.05) is 0 Å². The summed E-state index contributed by atoms with van der Waals surface area (Å²) in [6.45, 7) is 2.53. The van der Waals surface area contributed by atoms with Gasteiger partial charge in [-0.25, -0.2) is 9.97 Å². The zero-order chi connectivity index (χ0) is 9.54. The standard InChI is InChI=1S/C9H10N4O/c14-9-7-6(4-10-9)11-5-12-8(7)13-2-1-3-13/h5H,1-4H2,(H,10,14). The molecule has 14 heavy (non-hydrogen) atoms. The average molecular weight is 190 g/mol. The summed E-state index contributed by atoms with van der Waals surface area (Å²) in [5, 5.41) is 2.76. The van der Waals surface area contributed by atoms with E-state index in [9.17, 15) is 4.79 Å². The van der Waals surface area contributed by atoms with Crippen LogP contribution in [0, 0.1) is 0 Å². The number of carbonyl (C=O) groups excluding carboxylic acids is 1. The maximum Gasteiger partial charge on any atom is 0.257 e. The number of anilines is 1. The van der Waals surface area contributed by atoms with Crippen molar-refractivity contribution in [1.29, 1.82) is 0 Å². The lowest BCUT2D eigenvalue weighted by molar-refractivity contribution is 0.0966. The molecule has 0 aliphatic carbocycles. The fourth-order valence-electron chi connectivity index (χ4n) is 1.80. The van der Waals surface area contributed by atoms with Crippen LogP contribution in [0.2, 0.25) is 0 Å². The summed E-state index contributed by atoms with van der Waals surface area (Å²) in [5.74, 6) is 0.763. The highest BCUT2D eigenvalue weighted by molar-refractivity contribution is 6.02. The van der Waals surface area contributed by atoms with Crippen LogP contribution in [0.15, 0.2) is 6.33 Å². The van der Waals surface area contributed by atoms with Gasteiger partial charge in [0.05, 0.1) is 12.2 Å². The minimum Gasteiger partial charge on any atom is -0.356 e. The molecule has 1 aromatic rings. The van der Waals surface area contributed by atoms with Crippen LogP contribution < -0.4 is 10.2 Å². The van der Waals surface area contributed by atoms with Crippen LogP contribution in [-0.2, 0) is 6.54 Å². The van der Waals surface area contributed by atoms with Gasteiger partial charge in [0.1, 0.15) is 17.7 Å². The molecule has 0 radical (unpaired) electrons. The van der Waals surface area contributed by atoms with Crippen molar-refractivity contribution in [2.75, 3.05) is 18.0 Å². The Labute approximate surface area is 81.2 Å². The number of hydrogen-bond donors (Lipinski definition) is 1. The van der Waals surface area contributed by atoms with Gasteiger partial charge in [0.2, 0.25) is 0 Å². The molecule has 0 unspecified atom stereocenters. The predicted molar refractivity (Wildman–Crippen MR) is 50.0 cm³/mol. The van der Waals surface area contributed by atoms with E-state index in [0.29, 0.717) is 12.1 Å². The number of nitrogens with zero attached hydrogens (tertiary/aromatic N) is 3. The van der Waals surface area contributed by atoms with Gasteiger partial charge in [-0.05, 0) is 6.42 Å². The van der Waals surface area contributed by atoms with Crippen molar-refractivity contribution >= 4 is 11.7 Å². The van der Waals surface area contributed by atoms with Crippen LogP contribution in [0.25, 0.3) is 0 Å². The quantitative estimate of drug-likeness (QED) is 0.673. The fourth-order valence-corrected chi connectivity index (χ4v) is 1.80. The summed E-state index contributed by atoms with van der Waals surface area (Å²) in [7, 11) is 0. The summed E-state index contributed by atoms with van der Waals surface area (Å²) >= 11 is 0. The van der Waals surface area contributed by atoms with Crippen LogP contribution in [0.4, 0.5) is 5.82 Å². The third-order valence-corrected chi connectivity index (χ3v) is 2.70. The van der Waals surface area contributed by atoms with Gasteiger partial charge in [-0.2, -0.15) is 0 Å². The second kappa shape index (κ2) is 2.67. The van der Waals surface area contributed by atoms with Crippen LogP contribution in [0.1, 0.15) is 22.5 Å². The zero-order valence-electron chi connectivity index (χ0n) is 7.66. The topological polar surface area (TPSA) is 58.1 Å². The molecule has 3 heterocycles. The highest BCUT2D eigenvalue weighted by atomic mass is 16.2. The van der Waals surface area contributed by atoms with E-state index in [4.69, 9.17) is 0 Å².